The van der Waals surface area contributed by atoms with Gasteiger partial charge in [0.2, 0.25) is 16.7 Å². The Morgan fingerprint density at radius 2 is 1.80 bits per heavy atom. The third-order valence-electron chi connectivity index (χ3n) is 3.14. The summed E-state index contributed by atoms with van der Waals surface area (Å²) in [6.45, 7) is 7.00. The predicted octanol–water partition coefficient (Wildman–Crippen LogP) is 4.13. The molecule has 0 aliphatic heterocycles. The van der Waals surface area contributed by atoms with Crippen LogP contribution in [0.5, 0.6) is 0 Å². The quantitative estimate of drug-likeness (QED) is 0.713. The molecule has 0 amide bonds. The Morgan fingerprint density at radius 3 is 2.45 bits per heavy atom. The number of H-pyrrole nitrogens is 1. The van der Waals surface area contributed by atoms with Crippen LogP contribution < -0.4 is 10.6 Å². The van der Waals surface area contributed by atoms with Gasteiger partial charge in [0.05, 0.1) is 0 Å². The van der Waals surface area contributed by atoms with E-state index in [2.05, 4.69) is 32.5 Å². The van der Waals surface area contributed by atoms with Gasteiger partial charge in [-0.25, -0.2) is 0 Å². The average molecular weight is 297 g/mol. The van der Waals surface area contributed by atoms with Crippen molar-refractivity contribution in [1.29, 1.82) is 0 Å². The highest BCUT2D eigenvalue weighted by molar-refractivity contribution is 7.71. The number of aromatic amines is 1. The van der Waals surface area contributed by atoms with Crippen LogP contribution in [0.3, 0.4) is 0 Å². The number of anilines is 2. The smallest absolute Gasteiger partial charge is 0.225 e. The molecule has 1 aromatic rings. The second-order valence-corrected chi connectivity index (χ2v) is 5.10. The van der Waals surface area contributed by atoms with Gasteiger partial charge >= 0.3 is 0 Å². The van der Waals surface area contributed by atoms with Gasteiger partial charge in [-0.2, -0.15) is 9.97 Å². The molecule has 1 saturated carbocycles. The summed E-state index contributed by atoms with van der Waals surface area (Å²) in [5.74, 6) is 1.44. The second-order valence-electron chi connectivity index (χ2n) is 4.73. The van der Waals surface area contributed by atoms with Crippen molar-refractivity contribution in [2.24, 2.45) is 0 Å². The van der Waals surface area contributed by atoms with E-state index < -0.39 is 0 Å². The van der Waals surface area contributed by atoms with Gasteiger partial charge in [-0.1, -0.05) is 40.0 Å². The normalized spacial score (nSPS) is 15.2. The summed E-state index contributed by atoms with van der Waals surface area (Å²) >= 11 is 5.08. The van der Waals surface area contributed by atoms with Crippen molar-refractivity contribution in [2.75, 3.05) is 17.2 Å². The van der Waals surface area contributed by atoms with Crippen LogP contribution in [0.25, 0.3) is 0 Å². The van der Waals surface area contributed by atoms with E-state index in [1.807, 2.05) is 13.8 Å². The number of hydrogen-bond donors (Lipinski definition) is 3. The third kappa shape index (κ3) is 5.86. The van der Waals surface area contributed by atoms with Crippen LogP contribution in [0.4, 0.5) is 11.9 Å². The Balaban J connectivity index is 0.000000956. The Hall–Kier alpha value is -1.17. The molecule has 3 N–H and O–H groups in total. The second kappa shape index (κ2) is 9.69. The van der Waals surface area contributed by atoms with E-state index in [1.165, 1.54) is 32.1 Å². The molecule has 1 heterocycles. The summed E-state index contributed by atoms with van der Waals surface area (Å²) < 4.78 is 0.380. The van der Waals surface area contributed by atoms with E-state index in [1.54, 1.807) is 0 Å². The summed E-state index contributed by atoms with van der Waals surface area (Å²) in [4.78, 5) is 11.6. The van der Waals surface area contributed by atoms with Gasteiger partial charge in [0.25, 0.3) is 0 Å². The summed E-state index contributed by atoms with van der Waals surface area (Å²) in [5, 5.41) is 6.62. The van der Waals surface area contributed by atoms with Gasteiger partial charge in [0.15, 0.2) is 0 Å². The highest BCUT2D eigenvalue weighted by Crippen LogP contribution is 2.20. The zero-order valence-corrected chi connectivity index (χ0v) is 13.6. The highest BCUT2D eigenvalue weighted by Gasteiger charge is 2.14. The molecule has 0 atom stereocenters. The molecule has 1 aromatic heterocycles. The van der Waals surface area contributed by atoms with E-state index >= 15 is 0 Å². The largest absolute Gasteiger partial charge is 0.356 e. The van der Waals surface area contributed by atoms with Gasteiger partial charge in [-0.05, 0) is 31.5 Å². The minimum atomic E-state index is 0.380. The van der Waals surface area contributed by atoms with Gasteiger partial charge in [-0.15, -0.1) is 0 Å². The molecule has 6 heteroatoms. The predicted molar refractivity (Wildman–Crippen MR) is 87.8 cm³/mol. The maximum atomic E-state index is 5.08. The summed E-state index contributed by atoms with van der Waals surface area (Å²) in [7, 11) is 0. The first-order valence-corrected chi connectivity index (χ1v) is 8.17. The Morgan fingerprint density at radius 1 is 1.15 bits per heavy atom. The molecule has 0 radical (unpaired) electrons. The molecule has 0 spiro atoms. The van der Waals surface area contributed by atoms with Crippen LogP contribution in [0.2, 0.25) is 0 Å². The summed E-state index contributed by atoms with van der Waals surface area (Å²) in [5.41, 5.74) is 0. The lowest BCUT2D eigenvalue weighted by Gasteiger charge is -2.23. The maximum absolute atomic E-state index is 5.08. The number of nitrogens with zero attached hydrogens (tertiary/aromatic N) is 2. The monoisotopic (exact) mass is 297 g/mol. The van der Waals surface area contributed by atoms with Gasteiger partial charge in [0, 0.05) is 12.6 Å². The van der Waals surface area contributed by atoms with Crippen molar-refractivity contribution in [1.82, 2.24) is 15.0 Å². The van der Waals surface area contributed by atoms with Crippen LogP contribution in [0.15, 0.2) is 0 Å². The zero-order chi connectivity index (χ0) is 14.8. The Bertz CT molecular complexity index is 426. The Labute approximate surface area is 127 Å². The molecule has 1 aliphatic rings. The first-order chi connectivity index (χ1) is 9.78. The van der Waals surface area contributed by atoms with Crippen LogP contribution >= 0.6 is 12.2 Å². The molecule has 114 valence electrons. The molecule has 5 nitrogen and oxygen atoms in total. The van der Waals surface area contributed by atoms with Gasteiger partial charge < -0.3 is 10.6 Å². The average Bonchev–Trinajstić information content (AvgIpc) is 2.48. The molecular formula is C14H27N5S. The van der Waals surface area contributed by atoms with E-state index in [0.717, 1.165) is 18.9 Å². The first-order valence-electron chi connectivity index (χ1n) is 7.76. The fourth-order valence-corrected chi connectivity index (χ4v) is 2.40. The number of rotatable bonds is 5. The van der Waals surface area contributed by atoms with Gasteiger partial charge in [-0.3, -0.25) is 4.98 Å². The minimum absolute atomic E-state index is 0.380. The molecule has 1 fully saturated rings. The van der Waals surface area contributed by atoms with Crippen LogP contribution in [-0.4, -0.2) is 27.5 Å². The zero-order valence-electron chi connectivity index (χ0n) is 12.8. The molecule has 20 heavy (non-hydrogen) atoms. The minimum Gasteiger partial charge on any atom is -0.356 e. The van der Waals surface area contributed by atoms with Crippen molar-refractivity contribution in [3.05, 3.63) is 4.77 Å². The number of nitrogens with one attached hydrogen (secondary N) is 3. The van der Waals surface area contributed by atoms with Crippen molar-refractivity contribution in [3.8, 4) is 0 Å². The lowest BCUT2D eigenvalue weighted by molar-refractivity contribution is 0.460. The standard InChI is InChI=1S/C12H21N5S.C2H6/c1-2-8-13-10-15-11(17-12(18)16-10)14-9-6-4-3-5-7-9;1-2/h9H,2-8H2,1H3,(H3,13,14,15,16,17,18);1-2H3. The van der Waals surface area contributed by atoms with E-state index in [4.69, 9.17) is 12.2 Å². The molecule has 1 aliphatic carbocycles. The molecule has 2 rings (SSSR count). The molecular weight excluding hydrogens is 270 g/mol. The molecule has 0 saturated heterocycles. The van der Waals surface area contributed by atoms with E-state index in [0.29, 0.717) is 16.8 Å². The first kappa shape index (κ1) is 16.9. The van der Waals surface area contributed by atoms with Crippen LogP contribution in [0.1, 0.15) is 59.3 Å². The van der Waals surface area contributed by atoms with E-state index in [9.17, 15) is 0 Å². The lowest BCUT2D eigenvalue weighted by atomic mass is 9.96. The van der Waals surface area contributed by atoms with Gasteiger partial charge in [0.1, 0.15) is 0 Å². The third-order valence-corrected chi connectivity index (χ3v) is 3.32. The number of hydrogen-bond acceptors (Lipinski definition) is 5. The SMILES string of the molecule is CC.CCCNc1nc(=S)nc(NC2CCCCC2)[nH]1. The summed E-state index contributed by atoms with van der Waals surface area (Å²) in [6.07, 6.45) is 7.41. The topological polar surface area (TPSA) is 65.6 Å². The molecule has 0 aromatic carbocycles. The van der Waals surface area contributed by atoms with Crippen molar-refractivity contribution >= 4 is 24.1 Å². The molecule has 0 bridgehead atoms. The lowest BCUT2D eigenvalue weighted by Crippen LogP contribution is -2.24. The maximum Gasteiger partial charge on any atom is 0.225 e. The molecule has 0 unspecified atom stereocenters. The Kier molecular flexibility index (Phi) is 8.18. The van der Waals surface area contributed by atoms with Crippen molar-refractivity contribution < 1.29 is 0 Å². The van der Waals surface area contributed by atoms with Crippen LogP contribution in [-0.2, 0) is 0 Å². The highest BCUT2D eigenvalue weighted by atomic mass is 32.1. The van der Waals surface area contributed by atoms with Crippen molar-refractivity contribution in [3.63, 3.8) is 0 Å². The van der Waals surface area contributed by atoms with Crippen molar-refractivity contribution in [2.45, 2.75) is 65.3 Å². The van der Waals surface area contributed by atoms with E-state index in [-0.39, 0.29) is 0 Å². The number of aromatic nitrogens is 3. The summed E-state index contributed by atoms with van der Waals surface area (Å²) in [6, 6.07) is 0.512. The van der Waals surface area contributed by atoms with Crippen LogP contribution in [0, 0.1) is 4.77 Å². The fraction of sp³-hybridized carbons (Fsp3) is 0.786. The fourth-order valence-electron chi connectivity index (χ4n) is 2.22.